The third-order valence-electron chi connectivity index (χ3n) is 1.72. The van der Waals surface area contributed by atoms with Crippen LogP contribution in [-0.2, 0) is 9.59 Å². The van der Waals surface area contributed by atoms with Gasteiger partial charge in [0.25, 0.3) is 5.91 Å². The number of amides is 1. The Morgan fingerprint density at radius 1 is 1.47 bits per heavy atom. The molecule has 17 heavy (non-hydrogen) atoms. The van der Waals surface area contributed by atoms with Gasteiger partial charge in [0, 0.05) is 19.3 Å². The minimum absolute atomic E-state index is 0.148. The zero-order chi connectivity index (χ0) is 13.3. The summed E-state index contributed by atoms with van der Waals surface area (Å²) in [6, 6.07) is 1.69. The van der Waals surface area contributed by atoms with E-state index in [4.69, 9.17) is 10.4 Å². The third-order valence-corrected chi connectivity index (χ3v) is 1.72. The molecule has 0 saturated heterocycles. The molecule has 94 valence electrons. The van der Waals surface area contributed by atoms with Crippen molar-refractivity contribution in [2.24, 2.45) is 0 Å². The van der Waals surface area contributed by atoms with Crippen molar-refractivity contribution >= 4 is 11.9 Å². The van der Waals surface area contributed by atoms with Crippen LogP contribution < -0.4 is 10.6 Å². The summed E-state index contributed by atoms with van der Waals surface area (Å²) in [5.41, 5.74) is -0.148. The molecular formula is C10H16N4O3. The summed E-state index contributed by atoms with van der Waals surface area (Å²) in [5, 5.41) is 22.0. The van der Waals surface area contributed by atoms with Crippen molar-refractivity contribution in [2.75, 3.05) is 33.7 Å². The van der Waals surface area contributed by atoms with Crippen molar-refractivity contribution in [3.05, 3.63) is 11.8 Å². The van der Waals surface area contributed by atoms with Gasteiger partial charge in [-0.3, -0.25) is 9.59 Å². The smallest absolute Gasteiger partial charge is 0.322 e. The van der Waals surface area contributed by atoms with Crippen LogP contribution in [0.2, 0.25) is 0 Å². The van der Waals surface area contributed by atoms with Crippen molar-refractivity contribution in [1.29, 1.82) is 5.26 Å². The normalized spacial score (nSPS) is 10.8. The van der Waals surface area contributed by atoms with Crippen LogP contribution in [0.25, 0.3) is 0 Å². The Bertz CT molecular complexity index is 344. The Morgan fingerprint density at radius 2 is 2.12 bits per heavy atom. The second kappa shape index (κ2) is 8.13. The van der Waals surface area contributed by atoms with E-state index >= 15 is 0 Å². The highest BCUT2D eigenvalue weighted by Crippen LogP contribution is 1.89. The number of aliphatic carboxylic acids is 1. The number of carboxylic acid groups (broad SMARTS) is 1. The van der Waals surface area contributed by atoms with Gasteiger partial charge in [-0.1, -0.05) is 0 Å². The van der Waals surface area contributed by atoms with Gasteiger partial charge in [-0.25, -0.2) is 0 Å². The highest BCUT2D eigenvalue weighted by atomic mass is 16.4. The molecular weight excluding hydrogens is 224 g/mol. The fraction of sp³-hybridized carbons (Fsp3) is 0.500. The molecule has 1 amide bonds. The number of nitriles is 1. The van der Waals surface area contributed by atoms with Crippen molar-refractivity contribution in [3.8, 4) is 6.07 Å². The van der Waals surface area contributed by atoms with E-state index in [9.17, 15) is 9.59 Å². The highest BCUT2D eigenvalue weighted by Gasteiger charge is 2.09. The van der Waals surface area contributed by atoms with Gasteiger partial charge in [0.05, 0.1) is 0 Å². The average Bonchev–Trinajstić information content (AvgIpc) is 2.25. The quantitative estimate of drug-likeness (QED) is 0.291. The molecule has 0 rings (SSSR count). The number of nitrogens with zero attached hydrogens (tertiary/aromatic N) is 2. The standard InChI is InChI=1S/C10H16N4O3/c1-14(2)4-3-12-6-8(5-11)10(17)13-7-9(15)16/h6,12H,3-4,7H2,1-2H3,(H,13,17)(H,15,16)/b8-6-. The first kappa shape index (κ1) is 14.9. The number of rotatable bonds is 7. The van der Waals surface area contributed by atoms with Gasteiger partial charge in [0.15, 0.2) is 0 Å². The van der Waals surface area contributed by atoms with Gasteiger partial charge in [0.1, 0.15) is 18.2 Å². The van der Waals surface area contributed by atoms with Gasteiger partial charge in [-0.15, -0.1) is 0 Å². The van der Waals surface area contributed by atoms with Gasteiger partial charge in [0.2, 0.25) is 0 Å². The Morgan fingerprint density at radius 3 is 2.59 bits per heavy atom. The van der Waals surface area contributed by atoms with Crippen LogP contribution in [-0.4, -0.2) is 55.6 Å². The second-order valence-electron chi connectivity index (χ2n) is 3.50. The molecule has 0 aliphatic heterocycles. The molecule has 0 bridgehead atoms. The van der Waals surface area contributed by atoms with Gasteiger partial charge in [-0.2, -0.15) is 5.26 Å². The first-order valence-corrected chi connectivity index (χ1v) is 4.95. The van der Waals surface area contributed by atoms with Crippen molar-refractivity contribution < 1.29 is 14.7 Å². The zero-order valence-electron chi connectivity index (χ0n) is 9.86. The Kier molecular flexibility index (Phi) is 7.14. The average molecular weight is 240 g/mol. The van der Waals surface area contributed by atoms with E-state index in [0.717, 1.165) is 6.54 Å². The van der Waals surface area contributed by atoms with Crippen molar-refractivity contribution in [1.82, 2.24) is 15.5 Å². The number of carbonyl (C=O) groups is 2. The Hall–Kier alpha value is -2.07. The van der Waals surface area contributed by atoms with Crippen LogP contribution in [0.15, 0.2) is 11.8 Å². The van der Waals surface area contributed by atoms with Crippen molar-refractivity contribution in [3.63, 3.8) is 0 Å². The molecule has 0 unspecified atom stereocenters. The Balaban J connectivity index is 4.13. The SMILES string of the molecule is CN(C)CCN/C=C(/C#N)C(=O)NCC(=O)O. The summed E-state index contributed by atoms with van der Waals surface area (Å²) in [7, 11) is 3.80. The van der Waals surface area contributed by atoms with Gasteiger partial charge >= 0.3 is 5.97 Å². The van der Waals surface area contributed by atoms with Crippen LogP contribution in [0.4, 0.5) is 0 Å². The largest absolute Gasteiger partial charge is 0.480 e. The summed E-state index contributed by atoms with van der Waals surface area (Å²) in [6.45, 7) is 0.839. The number of hydrogen-bond acceptors (Lipinski definition) is 5. The fourth-order valence-electron chi connectivity index (χ4n) is 0.862. The summed E-state index contributed by atoms with van der Waals surface area (Å²) in [5.74, 6) is -1.86. The molecule has 7 nitrogen and oxygen atoms in total. The van der Waals surface area contributed by atoms with Gasteiger partial charge in [-0.05, 0) is 14.1 Å². The van der Waals surface area contributed by atoms with E-state index in [1.54, 1.807) is 6.07 Å². The molecule has 0 aromatic rings. The third kappa shape index (κ3) is 7.81. The van der Waals surface area contributed by atoms with Crippen LogP contribution in [0.5, 0.6) is 0 Å². The lowest BCUT2D eigenvalue weighted by molar-refractivity contribution is -0.137. The molecule has 0 radical (unpaired) electrons. The lowest BCUT2D eigenvalue weighted by Gasteiger charge is -2.08. The molecule has 3 N–H and O–H groups in total. The molecule has 0 fully saturated rings. The van der Waals surface area contributed by atoms with Crippen molar-refractivity contribution in [2.45, 2.75) is 0 Å². The predicted octanol–water partition coefficient (Wildman–Crippen LogP) is -1.25. The van der Waals surface area contributed by atoms with Gasteiger partial charge < -0.3 is 20.6 Å². The highest BCUT2D eigenvalue weighted by molar-refractivity contribution is 5.98. The predicted molar refractivity (Wildman–Crippen MR) is 60.9 cm³/mol. The first-order valence-electron chi connectivity index (χ1n) is 4.95. The minimum atomic E-state index is -1.16. The molecule has 0 saturated carbocycles. The van der Waals surface area contributed by atoms with E-state index in [-0.39, 0.29) is 5.57 Å². The number of likely N-dealkylation sites (N-methyl/N-ethyl adjacent to an activating group) is 1. The van der Waals surface area contributed by atoms with E-state index in [1.807, 2.05) is 19.0 Å². The van der Waals surface area contributed by atoms with Crippen LogP contribution in [0, 0.1) is 11.3 Å². The number of nitrogens with one attached hydrogen (secondary N) is 2. The van der Waals surface area contributed by atoms with Crippen LogP contribution >= 0.6 is 0 Å². The molecule has 0 aromatic heterocycles. The maximum Gasteiger partial charge on any atom is 0.322 e. The molecule has 0 heterocycles. The molecule has 0 aromatic carbocycles. The number of hydrogen-bond donors (Lipinski definition) is 3. The second-order valence-corrected chi connectivity index (χ2v) is 3.50. The number of carbonyl (C=O) groups excluding carboxylic acids is 1. The Labute approximate surface area is 99.7 Å². The maximum atomic E-state index is 11.3. The molecule has 0 spiro atoms. The summed E-state index contributed by atoms with van der Waals surface area (Å²) in [6.07, 6.45) is 1.28. The minimum Gasteiger partial charge on any atom is -0.480 e. The summed E-state index contributed by atoms with van der Waals surface area (Å²) >= 11 is 0. The van der Waals surface area contributed by atoms with Crippen LogP contribution in [0.1, 0.15) is 0 Å². The monoisotopic (exact) mass is 240 g/mol. The summed E-state index contributed by atoms with van der Waals surface area (Å²) < 4.78 is 0. The molecule has 0 aliphatic carbocycles. The van der Waals surface area contributed by atoms with Crippen LogP contribution in [0.3, 0.4) is 0 Å². The maximum absolute atomic E-state index is 11.3. The lowest BCUT2D eigenvalue weighted by Crippen LogP contribution is -2.31. The van der Waals surface area contributed by atoms with E-state index in [0.29, 0.717) is 6.54 Å². The number of carboxylic acids is 1. The van der Waals surface area contributed by atoms with E-state index < -0.39 is 18.4 Å². The first-order chi connectivity index (χ1) is 7.97. The zero-order valence-corrected chi connectivity index (χ0v) is 9.86. The topological polar surface area (TPSA) is 105 Å². The molecule has 0 atom stereocenters. The van der Waals surface area contributed by atoms with E-state index in [2.05, 4.69) is 10.6 Å². The molecule has 0 aliphatic rings. The lowest BCUT2D eigenvalue weighted by atomic mass is 10.3. The van der Waals surface area contributed by atoms with E-state index in [1.165, 1.54) is 6.20 Å². The molecule has 7 heteroatoms. The fourth-order valence-corrected chi connectivity index (χ4v) is 0.862. The summed E-state index contributed by atoms with van der Waals surface area (Å²) in [4.78, 5) is 23.4.